The van der Waals surface area contributed by atoms with Crippen molar-refractivity contribution in [3.05, 3.63) is 66.5 Å². The molecule has 38 heavy (non-hydrogen) atoms. The van der Waals surface area contributed by atoms with E-state index in [1.807, 2.05) is 56.3 Å². The molecule has 2 aromatic heterocycles. The molecule has 2 aromatic carbocycles. The lowest BCUT2D eigenvalue weighted by molar-refractivity contribution is -0.124. The van der Waals surface area contributed by atoms with E-state index in [1.165, 1.54) is 10.9 Å². The zero-order valence-corrected chi connectivity index (χ0v) is 22.0. The first-order valence-electron chi connectivity index (χ1n) is 13.1. The van der Waals surface area contributed by atoms with Crippen LogP contribution in [0.15, 0.2) is 60.9 Å². The van der Waals surface area contributed by atoms with E-state index in [0.717, 1.165) is 47.7 Å². The molecule has 4 aromatic rings. The summed E-state index contributed by atoms with van der Waals surface area (Å²) in [4.78, 5) is 31.7. The second kappa shape index (κ2) is 10.3. The summed E-state index contributed by atoms with van der Waals surface area (Å²) >= 11 is 0. The molecule has 0 bridgehead atoms. The van der Waals surface area contributed by atoms with Gasteiger partial charge in [0, 0.05) is 35.4 Å². The van der Waals surface area contributed by atoms with Crippen LogP contribution in [0.4, 0.5) is 11.5 Å². The third-order valence-electron chi connectivity index (χ3n) is 7.51. The Kier molecular flexibility index (Phi) is 6.89. The number of hydrogen-bond acceptors (Lipinski definition) is 5. The minimum Gasteiger partial charge on any atom is -0.477 e. The van der Waals surface area contributed by atoms with Gasteiger partial charge in [0.05, 0.1) is 11.2 Å². The number of pyridine rings is 1. The van der Waals surface area contributed by atoms with E-state index in [-0.39, 0.29) is 29.2 Å². The lowest BCUT2D eigenvalue weighted by atomic mass is 9.82. The van der Waals surface area contributed by atoms with E-state index in [2.05, 4.69) is 17.0 Å². The van der Waals surface area contributed by atoms with Crippen molar-refractivity contribution in [1.29, 1.82) is 0 Å². The summed E-state index contributed by atoms with van der Waals surface area (Å²) in [7, 11) is 0. The van der Waals surface area contributed by atoms with Gasteiger partial charge in [-0.15, -0.1) is 5.10 Å². The topological polar surface area (TPSA) is 114 Å². The van der Waals surface area contributed by atoms with Gasteiger partial charge in [-0.2, -0.15) is 0 Å². The highest BCUT2D eigenvalue weighted by atomic mass is 16.4. The minimum atomic E-state index is -1.11. The fourth-order valence-corrected chi connectivity index (χ4v) is 5.29. The second-order valence-corrected chi connectivity index (χ2v) is 10.6. The quantitative estimate of drug-likeness (QED) is 0.331. The Hall–Kier alpha value is -4.20. The number of aromatic carboxylic acids is 1. The monoisotopic (exact) mass is 511 g/mol. The molecule has 8 heteroatoms. The lowest BCUT2D eigenvalue weighted by Crippen LogP contribution is -2.43. The standard InChI is InChI=1S/C30H33N5O3/c1-18(2)35(29(36)21-6-4-19(3)5-7-21)28-25(30(37)38)17-34(33-28)23-11-8-20(9-12-23)22-10-13-27-24(16-22)26(31)14-15-32-27/h8-19,21H,4-7H2,1-3H3,(H2,31,32)(H,37,38). The molecule has 1 amide bonds. The van der Waals surface area contributed by atoms with E-state index in [4.69, 9.17) is 5.73 Å². The van der Waals surface area contributed by atoms with Crippen LogP contribution in [-0.2, 0) is 4.79 Å². The van der Waals surface area contributed by atoms with Crippen molar-refractivity contribution in [1.82, 2.24) is 14.8 Å². The largest absolute Gasteiger partial charge is 0.477 e. The number of hydrogen-bond donors (Lipinski definition) is 2. The van der Waals surface area contributed by atoms with Gasteiger partial charge in [0.2, 0.25) is 5.91 Å². The summed E-state index contributed by atoms with van der Waals surface area (Å²) in [6.45, 7) is 6.01. The van der Waals surface area contributed by atoms with Gasteiger partial charge in [0.15, 0.2) is 5.82 Å². The zero-order chi connectivity index (χ0) is 27.0. The number of nitrogens with two attached hydrogens (primary N) is 1. The second-order valence-electron chi connectivity index (χ2n) is 10.6. The first-order valence-corrected chi connectivity index (χ1v) is 13.1. The fraction of sp³-hybridized carbons (Fsp3) is 0.333. The number of carboxylic acid groups (broad SMARTS) is 1. The molecular weight excluding hydrogens is 478 g/mol. The maximum Gasteiger partial charge on any atom is 0.341 e. The summed E-state index contributed by atoms with van der Waals surface area (Å²) in [6, 6.07) is 15.2. The Morgan fingerprint density at radius 3 is 2.37 bits per heavy atom. The van der Waals surface area contributed by atoms with Crippen LogP contribution in [0.5, 0.6) is 0 Å². The molecule has 0 aliphatic heterocycles. The van der Waals surface area contributed by atoms with Crippen molar-refractivity contribution in [2.45, 2.75) is 52.5 Å². The number of amides is 1. The molecule has 3 N–H and O–H groups in total. The third-order valence-corrected chi connectivity index (χ3v) is 7.51. The number of carbonyl (C=O) groups is 2. The van der Waals surface area contributed by atoms with E-state index < -0.39 is 5.97 Å². The molecule has 0 unspecified atom stereocenters. The van der Waals surface area contributed by atoms with Gasteiger partial charge in [0.1, 0.15) is 5.56 Å². The van der Waals surface area contributed by atoms with Gasteiger partial charge in [-0.1, -0.05) is 25.1 Å². The minimum absolute atomic E-state index is 0.0119. The van der Waals surface area contributed by atoms with Crippen molar-refractivity contribution >= 4 is 34.3 Å². The number of nitrogens with zero attached hydrogens (tertiary/aromatic N) is 4. The van der Waals surface area contributed by atoms with Crippen molar-refractivity contribution < 1.29 is 14.7 Å². The summed E-state index contributed by atoms with van der Waals surface area (Å²) < 4.78 is 1.54. The Labute approximate surface area is 222 Å². The van der Waals surface area contributed by atoms with Gasteiger partial charge in [0.25, 0.3) is 0 Å². The Morgan fingerprint density at radius 1 is 1.03 bits per heavy atom. The number of fused-ring (bicyclic) bond motifs is 1. The molecule has 0 atom stereocenters. The van der Waals surface area contributed by atoms with Crippen molar-refractivity contribution in [3.63, 3.8) is 0 Å². The summed E-state index contributed by atoms with van der Waals surface area (Å²) in [5.41, 5.74) is 10.3. The SMILES string of the molecule is CC1CCC(C(=O)N(c2nn(-c3ccc(-c4ccc5nccc(N)c5c4)cc3)cc2C(=O)O)C(C)C)CC1. The number of benzene rings is 2. The fourth-order valence-electron chi connectivity index (χ4n) is 5.29. The summed E-state index contributed by atoms with van der Waals surface area (Å²) in [6.07, 6.45) is 6.85. The van der Waals surface area contributed by atoms with Crippen LogP contribution >= 0.6 is 0 Å². The van der Waals surface area contributed by atoms with Crippen molar-refractivity contribution in [2.75, 3.05) is 10.6 Å². The first-order chi connectivity index (χ1) is 18.2. The zero-order valence-electron chi connectivity index (χ0n) is 22.0. The van der Waals surface area contributed by atoms with Crippen LogP contribution in [-0.4, -0.2) is 37.8 Å². The Balaban J connectivity index is 1.46. The van der Waals surface area contributed by atoms with Gasteiger partial charge < -0.3 is 10.8 Å². The predicted molar refractivity (Wildman–Crippen MR) is 149 cm³/mol. The highest BCUT2D eigenvalue weighted by Crippen LogP contribution is 2.33. The molecule has 1 aliphatic carbocycles. The lowest BCUT2D eigenvalue weighted by Gasteiger charge is -2.32. The van der Waals surface area contributed by atoms with Crippen molar-refractivity contribution in [2.24, 2.45) is 11.8 Å². The molecule has 0 radical (unpaired) electrons. The average molecular weight is 512 g/mol. The molecular formula is C30H33N5O3. The van der Waals surface area contributed by atoms with Gasteiger partial charge in [-0.05, 0) is 86.9 Å². The van der Waals surface area contributed by atoms with Gasteiger partial charge >= 0.3 is 5.97 Å². The van der Waals surface area contributed by atoms with Crippen LogP contribution in [0.1, 0.15) is 56.8 Å². The van der Waals surface area contributed by atoms with Crippen LogP contribution < -0.4 is 10.6 Å². The predicted octanol–water partition coefficient (Wildman–Crippen LogP) is 5.94. The highest BCUT2D eigenvalue weighted by molar-refractivity contribution is 6.02. The molecule has 1 fully saturated rings. The first kappa shape index (κ1) is 25.4. The smallest absolute Gasteiger partial charge is 0.341 e. The molecule has 5 rings (SSSR count). The van der Waals surface area contributed by atoms with Crippen LogP contribution in [0.25, 0.3) is 27.7 Å². The van der Waals surface area contributed by atoms with Gasteiger partial charge in [-0.25, -0.2) is 9.48 Å². The van der Waals surface area contributed by atoms with E-state index >= 15 is 0 Å². The third kappa shape index (κ3) is 4.86. The van der Waals surface area contributed by atoms with Crippen LogP contribution in [0, 0.1) is 11.8 Å². The average Bonchev–Trinajstić information content (AvgIpc) is 3.34. The number of carbonyl (C=O) groups excluding carboxylic acids is 1. The summed E-state index contributed by atoms with van der Waals surface area (Å²) in [5.74, 6) is -0.448. The number of carboxylic acids is 1. The normalized spacial score (nSPS) is 17.6. The molecule has 2 heterocycles. The molecule has 8 nitrogen and oxygen atoms in total. The maximum absolute atomic E-state index is 13.6. The number of anilines is 2. The van der Waals surface area contributed by atoms with Gasteiger partial charge in [-0.3, -0.25) is 14.7 Å². The van der Waals surface area contributed by atoms with Crippen LogP contribution in [0.3, 0.4) is 0 Å². The molecule has 0 spiro atoms. The number of rotatable bonds is 6. The Bertz CT molecular complexity index is 1480. The molecule has 0 saturated heterocycles. The van der Waals surface area contributed by atoms with Crippen molar-refractivity contribution in [3.8, 4) is 16.8 Å². The maximum atomic E-state index is 13.6. The Morgan fingerprint density at radius 2 is 1.71 bits per heavy atom. The molecule has 1 aliphatic rings. The highest BCUT2D eigenvalue weighted by Gasteiger charge is 2.34. The number of aromatic nitrogens is 3. The van der Waals surface area contributed by atoms with E-state index in [1.54, 1.807) is 17.2 Å². The van der Waals surface area contributed by atoms with E-state index in [0.29, 0.717) is 17.3 Å². The molecule has 196 valence electrons. The van der Waals surface area contributed by atoms with E-state index in [9.17, 15) is 14.7 Å². The van der Waals surface area contributed by atoms with Crippen LogP contribution in [0.2, 0.25) is 0 Å². The molecule has 1 saturated carbocycles. The summed E-state index contributed by atoms with van der Waals surface area (Å²) in [5, 5.41) is 15.5. The number of nitrogen functional groups attached to an aromatic ring is 1.